The molecule has 106 valence electrons. The lowest BCUT2D eigenvalue weighted by Crippen LogP contribution is -2.47. The number of carbonyl (C=O) groups excluding carboxylic acids is 1. The summed E-state index contributed by atoms with van der Waals surface area (Å²) < 4.78 is 26.9. The minimum atomic E-state index is -3.75. The molecule has 0 radical (unpaired) electrons. The minimum absolute atomic E-state index is 0.171. The third-order valence-electron chi connectivity index (χ3n) is 2.88. The fraction of sp³-hybridized carbons (Fsp3) is 0.462. The zero-order chi connectivity index (χ0) is 14.8. The molecule has 0 fully saturated rings. The first-order valence-electron chi connectivity index (χ1n) is 6.04. The van der Waals surface area contributed by atoms with Gasteiger partial charge < -0.3 is 5.73 Å². The number of benzene rings is 1. The highest BCUT2D eigenvalue weighted by Crippen LogP contribution is 2.17. The van der Waals surface area contributed by atoms with Crippen LogP contribution in [-0.2, 0) is 14.8 Å². The Morgan fingerprint density at radius 1 is 1.26 bits per heavy atom. The normalized spacial score (nSPS) is 13.5. The Balaban J connectivity index is 3.14. The van der Waals surface area contributed by atoms with Crippen molar-refractivity contribution in [2.45, 2.75) is 38.6 Å². The van der Waals surface area contributed by atoms with E-state index in [1.165, 1.54) is 6.07 Å². The predicted octanol–water partition coefficient (Wildman–Crippen LogP) is 1.09. The SMILES string of the molecule is Cc1ccc(S(=O)(=O)NC(C(N)=O)C(C)C)c(C)c1. The molecule has 0 heterocycles. The predicted molar refractivity (Wildman–Crippen MR) is 74.1 cm³/mol. The molecule has 1 aromatic carbocycles. The average molecular weight is 284 g/mol. The summed E-state index contributed by atoms with van der Waals surface area (Å²) in [6.45, 7) is 7.08. The molecule has 0 aromatic heterocycles. The third kappa shape index (κ3) is 3.78. The molecule has 0 aliphatic rings. The zero-order valence-corrected chi connectivity index (χ0v) is 12.4. The Bertz CT molecular complexity index is 580. The van der Waals surface area contributed by atoms with Gasteiger partial charge in [-0.05, 0) is 31.4 Å². The van der Waals surface area contributed by atoms with E-state index in [4.69, 9.17) is 5.73 Å². The standard InChI is InChI=1S/C13H20N2O3S/c1-8(2)12(13(14)16)15-19(17,18)11-6-5-9(3)7-10(11)4/h5-8,12,15H,1-4H3,(H2,14,16). The van der Waals surface area contributed by atoms with E-state index in [2.05, 4.69) is 4.72 Å². The molecule has 0 spiro atoms. The van der Waals surface area contributed by atoms with E-state index in [1.807, 2.05) is 6.92 Å². The van der Waals surface area contributed by atoms with Crippen LogP contribution in [0, 0.1) is 19.8 Å². The maximum absolute atomic E-state index is 12.3. The van der Waals surface area contributed by atoms with Crippen LogP contribution >= 0.6 is 0 Å². The summed E-state index contributed by atoms with van der Waals surface area (Å²) in [5.41, 5.74) is 6.84. The highest BCUT2D eigenvalue weighted by atomic mass is 32.2. The summed E-state index contributed by atoms with van der Waals surface area (Å²) >= 11 is 0. The fourth-order valence-corrected chi connectivity index (χ4v) is 3.43. The monoisotopic (exact) mass is 284 g/mol. The number of primary amides is 1. The van der Waals surface area contributed by atoms with Crippen LogP contribution < -0.4 is 10.5 Å². The van der Waals surface area contributed by atoms with Gasteiger partial charge >= 0.3 is 0 Å². The second kappa shape index (κ2) is 5.71. The molecule has 0 bridgehead atoms. The highest BCUT2D eigenvalue weighted by Gasteiger charge is 2.27. The fourth-order valence-electron chi connectivity index (χ4n) is 1.85. The van der Waals surface area contributed by atoms with E-state index in [9.17, 15) is 13.2 Å². The number of carbonyl (C=O) groups is 1. The Labute approximate surface area is 114 Å². The molecule has 0 saturated carbocycles. The lowest BCUT2D eigenvalue weighted by atomic mass is 10.1. The Morgan fingerprint density at radius 2 is 1.84 bits per heavy atom. The maximum atomic E-state index is 12.3. The van der Waals surface area contributed by atoms with Crippen molar-refractivity contribution in [3.05, 3.63) is 29.3 Å². The number of amides is 1. The summed E-state index contributed by atoms with van der Waals surface area (Å²) in [5.74, 6) is -0.888. The molecule has 0 aliphatic heterocycles. The van der Waals surface area contributed by atoms with E-state index >= 15 is 0 Å². The molecule has 1 aromatic rings. The molecule has 19 heavy (non-hydrogen) atoms. The van der Waals surface area contributed by atoms with Gasteiger partial charge in [0, 0.05) is 0 Å². The Morgan fingerprint density at radius 3 is 2.26 bits per heavy atom. The number of nitrogens with two attached hydrogens (primary N) is 1. The lowest BCUT2D eigenvalue weighted by molar-refractivity contribution is -0.120. The quantitative estimate of drug-likeness (QED) is 0.848. The van der Waals surface area contributed by atoms with Gasteiger partial charge in [0.1, 0.15) is 6.04 Å². The van der Waals surface area contributed by atoms with Crippen LogP contribution in [0.15, 0.2) is 23.1 Å². The van der Waals surface area contributed by atoms with Crippen LogP contribution in [0.25, 0.3) is 0 Å². The first-order valence-corrected chi connectivity index (χ1v) is 7.52. The summed E-state index contributed by atoms with van der Waals surface area (Å²) in [6, 6.07) is 4.12. The summed E-state index contributed by atoms with van der Waals surface area (Å²) in [4.78, 5) is 11.5. The number of aryl methyl sites for hydroxylation is 2. The number of nitrogens with one attached hydrogen (secondary N) is 1. The lowest BCUT2D eigenvalue weighted by Gasteiger charge is -2.19. The molecule has 0 aliphatic carbocycles. The van der Waals surface area contributed by atoms with Crippen LogP contribution in [-0.4, -0.2) is 20.4 Å². The highest BCUT2D eigenvalue weighted by molar-refractivity contribution is 7.89. The van der Waals surface area contributed by atoms with Crippen molar-refractivity contribution in [3.8, 4) is 0 Å². The molecule has 1 atom stereocenters. The van der Waals surface area contributed by atoms with Crippen molar-refractivity contribution in [1.29, 1.82) is 0 Å². The largest absolute Gasteiger partial charge is 0.368 e. The maximum Gasteiger partial charge on any atom is 0.241 e. The molecule has 1 unspecified atom stereocenters. The molecule has 1 rings (SSSR count). The van der Waals surface area contributed by atoms with Gasteiger partial charge in [0.2, 0.25) is 15.9 Å². The van der Waals surface area contributed by atoms with Gasteiger partial charge in [0.05, 0.1) is 4.90 Å². The van der Waals surface area contributed by atoms with Crippen LogP contribution in [0.4, 0.5) is 0 Å². The molecule has 3 N–H and O–H groups in total. The number of sulfonamides is 1. The molecular weight excluding hydrogens is 264 g/mol. The smallest absolute Gasteiger partial charge is 0.241 e. The van der Waals surface area contributed by atoms with Gasteiger partial charge in [-0.2, -0.15) is 4.72 Å². The number of rotatable bonds is 5. The van der Waals surface area contributed by atoms with Crippen molar-refractivity contribution in [3.63, 3.8) is 0 Å². The topological polar surface area (TPSA) is 89.3 Å². The van der Waals surface area contributed by atoms with Gasteiger partial charge in [0.15, 0.2) is 0 Å². The van der Waals surface area contributed by atoms with Crippen molar-refractivity contribution in [1.82, 2.24) is 4.72 Å². The van der Waals surface area contributed by atoms with Gasteiger partial charge in [0.25, 0.3) is 0 Å². The Hall–Kier alpha value is -1.40. The van der Waals surface area contributed by atoms with Crippen molar-refractivity contribution >= 4 is 15.9 Å². The minimum Gasteiger partial charge on any atom is -0.368 e. The third-order valence-corrected chi connectivity index (χ3v) is 4.48. The molecule has 5 nitrogen and oxygen atoms in total. The number of hydrogen-bond acceptors (Lipinski definition) is 3. The van der Waals surface area contributed by atoms with E-state index in [0.29, 0.717) is 5.56 Å². The summed E-state index contributed by atoms with van der Waals surface area (Å²) in [7, 11) is -3.75. The van der Waals surface area contributed by atoms with Crippen LogP contribution in [0.5, 0.6) is 0 Å². The zero-order valence-electron chi connectivity index (χ0n) is 11.6. The first-order chi connectivity index (χ1) is 8.65. The summed E-state index contributed by atoms with van der Waals surface area (Å²) in [5, 5.41) is 0. The first kappa shape index (κ1) is 15.7. The second-order valence-corrected chi connectivity index (χ2v) is 6.70. The molecular formula is C13H20N2O3S. The molecule has 0 saturated heterocycles. The van der Waals surface area contributed by atoms with Gasteiger partial charge in [-0.1, -0.05) is 31.5 Å². The van der Waals surface area contributed by atoms with E-state index < -0.39 is 22.0 Å². The van der Waals surface area contributed by atoms with Crippen LogP contribution in [0.3, 0.4) is 0 Å². The molecule has 6 heteroatoms. The van der Waals surface area contributed by atoms with Gasteiger partial charge in [-0.3, -0.25) is 4.79 Å². The van der Waals surface area contributed by atoms with Crippen molar-refractivity contribution < 1.29 is 13.2 Å². The van der Waals surface area contributed by atoms with Crippen LogP contribution in [0.2, 0.25) is 0 Å². The number of hydrogen-bond donors (Lipinski definition) is 2. The summed E-state index contributed by atoms with van der Waals surface area (Å²) in [6.07, 6.45) is 0. The van der Waals surface area contributed by atoms with E-state index in [0.717, 1.165) is 5.56 Å². The Kier molecular flexibility index (Phi) is 4.70. The second-order valence-electron chi connectivity index (χ2n) is 5.01. The van der Waals surface area contributed by atoms with Crippen molar-refractivity contribution in [2.24, 2.45) is 11.7 Å². The molecule has 1 amide bonds. The van der Waals surface area contributed by atoms with Crippen molar-refractivity contribution in [2.75, 3.05) is 0 Å². The van der Waals surface area contributed by atoms with Gasteiger partial charge in [-0.25, -0.2) is 8.42 Å². The average Bonchev–Trinajstić information content (AvgIpc) is 2.24. The van der Waals surface area contributed by atoms with Gasteiger partial charge in [-0.15, -0.1) is 0 Å². The van der Waals surface area contributed by atoms with E-state index in [-0.39, 0.29) is 10.8 Å². The van der Waals surface area contributed by atoms with Crippen LogP contribution in [0.1, 0.15) is 25.0 Å². The van der Waals surface area contributed by atoms with E-state index in [1.54, 1.807) is 32.9 Å².